The summed E-state index contributed by atoms with van der Waals surface area (Å²) in [6.07, 6.45) is 1.24. The van der Waals surface area contributed by atoms with Crippen LogP contribution in [-0.4, -0.2) is 35.1 Å². The van der Waals surface area contributed by atoms with Gasteiger partial charge in [-0.25, -0.2) is 4.39 Å². The van der Waals surface area contributed by atoms with E-state index in [0.29, 0.717) is 33.6 Å². The van der Waals surface area contributed by atoms with Crippen molar-refractivity contribution < 1.29 is 14.0 Å². The number of halogens is 4. The molecule has 0 spiro atoms. The van der Waals surface area contributed by atoms with E-state index in [0.717, 1.165) is 12.0 Å². The number of amides is 2. The van der Waals surface area contributed by atoms with Gasteiger partial charge < -0.3 is 10.2 Å². The van der Waals surface area contributed by atoms with Crippen molar-refractivity contribution in [1.29, 1.82) is 0 Å². The maximum Gasteiger partial charge on any atom is 0.242 e. The lowest BCUT2D eigenvalue weighted by Crippen LogP contribution is -2.49. The molecule has 0 radical (unpaired) electrons. The van der Waals surface area contributed by atoms with Gasteiger partial charge in [-0.3, -0.25) is 9.59 Å². The second-order valence-corrected chi connectivity index (χ2v) is 9.39. The van der Waals surface area contributed by atoms with Gasteiger partial charge in [0.05, 0.1) is 15.8 Å². The third kappa shape index (κ3) is 7.55. The van der Waals surface area contributed by atoms with Crippen LogP contribution in [0.2, 0.25) is 15.1 Å². The van der Waals surface area contributed by atoms with Crippen molar-refractivity contribution in [1.82, 2.24) is 10.2 Å². The number of nitrogens with one attached hydrogen (secondary N) is 1. The van der Waals surface area contributed by atoms with Gasteiger partial charge >= 0.3 is 0 Å². The molecule has 0 saturated carbocycles. The van der Waals surface area contributed by atoms with Crippen molar-refractivity contribution in [2.45, 2.75) is 45.0 Å². The van der Waals surface area contributed by atoms with Crippen LogP contribution < -0.4 is 5.32 Å². The average Bonchev–Trinajstić information content (AvgIpc) is 2.76. The van der Waals surface area contributed by atoms with Crippen LogP contribution in [0, 0.1) is 5.82 Å². The minimum absolute atomic E-state index is 0.0730. The van der Waals surface area contributed by atoms with Gasteiger partial charge in [-0.1, -0.05) is 60.8 Å². The van der Waals surface area contributed by atoms with E-state index >= 15 is 0 Å². The smallest absolute Gasteiger partial charge is 0.242 e. The van der Waals surface area contributed by atoms with Crippen LogP contribution in [-0.2, 0) is 21.9 Å². The van der Waals surface area contributed by atoms with Crippen molar-refractivity contribution >= 4 is 58.4 Å². The normalized spacial score (nSPS) is 11.8. The van der Waals surface area contributed by atoms with Gasteiger partial charge in [0.25, 0.3) is 0 Å². The minimum Gasteiger partial charge on any atom is -0.354 e. The second-order valence-electron chi connectivity index (χ2n) is 7.18. The van der Waals surface area contributed by atoms with E-state index in [1.807, 2.05) is 13.8 Å². The number of rotatable bonds is 11. The quantitative estimate of drug-likeness (QED) is 0.376. The molecule has 0 heterocycles. The second kappa shape index (κ2) is 13.3. The number of thioether (sulfide) groups is 1. The first-order valence-corrected chi connectivity index (χ1v) is 12.6. The van der Waals surface area contributed by atoms with Crippen LogP contribution in [0.15, 0.2) is 36.4 Å². The van der Waals surface area contributed by atoms with Crippen molar-refractivity contribution in [2.75, 3.05) is 12.3 Å². The first kappa shape index (κ1) is 26.8. The van der Waals surface area contributed by atoms with Gasteiger partial charge in [-0.05, 0) is 42.7 Å². The first-order valence-electron chi connectivity index (χ1n) is 10.3. The monoisotopic (exact) mass is 518 g/mol. The highest BCUT2D eigenvalue weighted by Crippen LogP contribution is 2.26. The molecule has 32 heavy (non-hydrogen) atoms. The predicted octanol–water partition coefficient (Wildman–Crippen LogP) is 6.35. The lowest BCUT2D eigenvalue weighted by Gasteiger charge is -2.30. The number of benzene rings is 2. The Hall–Kier alpha value is -1.47. The molecule has 0 bridgehead atoms. The Morgan fingerprint density at radius 3 is 2.47 bits per heavy atom. The Bertz CT molecular complexity index is 925. The van der Waals surface area contributed by atoms with Gasteiger partial charge in [-0.2, -0.15) is 0 Å². The minimum atomic E-state index is -0.638. The van der Waals surface area contributed by atoms with Gasteiger partial charge in [-0.15, -0.1) is 11.8 Å². The van der Waals surface area contributed by atoms with Crippen LogP contribution in [0.25, 0.3) is 0 Å². The molecule has 1 N–H and O–H groups in total. The molecule has 2 rings (SSSR count). The summed E-state index contributed by atoms with van der Waals surface area (Å²) in [5.41, 5.74) is 1.12. The van der Waals surface area contributed by atoms with Crippen molar-refractivity contribution in [2.24, 2.45) is 0 Å². The molecule has 0 unspecified atom stereocenters. The highest BCUT2D eigenvalue weighted by atomic mass is 35.5. The summed E-state index contributed by atoms with van der Waals surface area (Å²) in [5.74, 6) is -0.521. The maximum atomic E-state index is 14.0. The fourth-order valence-corrected chi connectivity index (χ4v) is 4.68. The Balaban J connectivity index is 2.18. The number of hydrogen-bond donors (Lipinski definition) is 1. The molecular formula is C23H26Cl3FN2O2S. The van der Waals surface area contributed by atoms with Crippen LogP contribution in [0.5, 0.6) is 0 Å². The topological polar surface area (TPSA) is 49.4 Å². The van der Waals surface area contributed by atoms with Gasteiger partial charge in [0.1, 0.15) is 11.9 Å². The summed E-state index contributed by atoms with van der Waals surface area (Å²) in [6.45, 7) is 4.56. The van der Waals surface area contributed by atoms with Gasteiger partial charge in [0.15, 0.2) is 0 Å². The SMILES string of the molecule is CCCNC(=O)[C@H](CC)N(Cc1ccc(Cl)c(Cl)c1)C(=O)CSCc1c(F)cccc1Cl. The van der Waals surface area contributed by atoms with Crippen molar-refractivity contribution in [3.8, 4) is 0 Å². The molecule has 0 aromatic heterocycles. The summed E-state index contributed by atoms with van der Waals surface area (Å²) in [4.78, 5) is 27.5. The lowest BCUT2D eigenvalue weighted by molar-refractivity contribution is -0.139. The van der Waals surface area contributed by atoms with Gasteiger partial charge in [0.2, 0.25) is 11.8 Å². The number of nitrogens with zero attached hydrogens (tertiary/aromatic N) is 1. The number of carbonyl (C=O) groups excluding carboxylic acids is 2. The zero-order valence-corrected chi connectivity index (χ0v) is 21.1. The zero-order chi connectivity index (χ0) is 23.7. The molecule has 9 heteroatoms. The van der Waals surface area contributed by atoms with Crippen LogP contribution >= 0.6 is 46.6 Å². The fraction of sp³-hybridized carbons (Fsp3) is 0.391. The third-order valence-electron chi connectivity index (χ3n) is 4.81. The highest BCUT2D eigenvalue weighted by Gasteiger charge is 2.28. The molecule has 0 aliphatic heterocycles. The van der Waals surface area contributed by atoms with E-state index in [4.69, 9.17) is 34.8 Å². The highest BCUT2D eigenvalue weighted by molar-refractivity contribution is 7.99. The summed E-state index contributed by atoms with van der Waals surface area (Å²) in [5, 5.41) is 3.98. The van der Waals surface area contributed by atoms with E-state index in [2.05, 4.69) is 5.32 Å². The average molecular weight is 520 g/mol. The van der Waals surface area contributed by atoms with E-state index in [9.17, 15) is 14.0 Å². The maximum absolute atomic E-state index is 14.0. The number of carbonyl (C=O) groups is 2. The molecule has 2 aromatic carbocycles. The molecular weight excluding hydrogens is 494 g/mol. The number of hydrogen-bond acceptors (Lipinski definition) is 3. The predicted molar refractivity (Wildman–Crippen MR) is 132 cm³/mol. The van der Waals surface area contributed by atoms with E-state index < -0.39 is 11.9 Å². The molecule has 0 aliphatic rings. The van der Waals surface area contributed by atoms with Crippen LogP contribution in [0.3, 0.4) is 0 Å². The molecule has 0 fully saturated rings. The molecule has 1 atom stereocenters. The summed E-state index contributed by atoms with van der Waals surface area (Å²) in [6, 6.07) is 8.98. The third-order valence-corrected chi connectivity index (χ3v) is 6.84. The largest absolute Gasteiger partial charge is 0.354 e. The molecule has 0 aliphatic carbocycles. The lowest BCUT2D eigenvalue weighted by atomic mass is 10.1. The fourth-order valence-electron chi connectivity index (χ4n) is 3.11. The Morgan fingerprint density at radius 2 is 1.84 bits per heavy atom. The molecule has 0 saturated heterocycles. The van der Waals surface area contributed by atoms with E-state index in [1.54, 1.807) is 29.2 Å². The summed E-state index contributed by atoms with van der Waals surface area (Å²) < 4.78 is 14.0. The van der Waals surface area contributed by atoms with Crippen LogP contribution in [0.4, 0.5) is 4.39 Å². The van der Waals surface area contributed by atoms with Crippen molar-refractivity contribution in [3.63, 3.8) is 0 Å². The zero-order valence-electron chi connectivity index (χ0n) is 18.0. The Labute approximate surface area is 207 Å². The summed E-state index contributed by atoms with van der Waals surface area (Å²) in [7, 11) is 0. The Kier molecular flexibility index (Phi) is 11.1. The first-order chi connectivity index (χ1) is 15.3. The molecule has 2 aromatic rings. The Morgan fingerprint density at radius 1 is 1.09 bits per heavy atom. The summed E-state index contributed by atoms with van der Waals surface area (Å²) >= 11 is 19.5. The van der Waals surface area contributed by atoms with E-state index in [-0.39, 0.29) is 29.9 Å². The molecule has 4 nitrogen and oxygen atoms in total. The van der Waals surface area contributed by atoms with Crippen molar-refractivity contribution in [3.05, 3.63) is 68.4 Å². The van der Waals surface area contributed by atoms with E-state index in [1.165, 1.54) is 23.9 Å². The standard InChI is InChI=1S/C23H26Cl3FN2O2S/c1-3-10-28-23(31)21(4-2)29(12-15-8-9-18(25)19(26)11-15)22(30)14-32-13-16-17(24)6-5-7-20(16)27/h5-9,11,21H,3-4,10,12-14H2,1-2H3,(H,28,31)/t21-/m0/s1. The van der Waals surface area contributed by atoms with Crippen LogP contribution in [0.1, 0.15) is 37.8 Å². The molecule has 2 amide bonds. The van der Waals surface area contributed by atoms with Gasteiger partial charge in [0, 0.05) is 29.4 Å². The molecule has 174 valence electrons.